The van der Waals surface area contributed by atoms with Crippen molar-refractivity contribution in [3.63, 3.8) is 0 Å². The van der Waals surface area contributed by atoms with Crippen LogP contribution in [0.3, 0.4) is 0 Å². The highest BCUT2D eigenvalue weighted by atomic mass is 16.5. The van der Waals surface area contributed by atoms with Gasteiger partial charge in [0.25, 0.3) is 0 Å². The number of carbonyl (C=O) groups excluding carboxylic acids is 1. The Morgan fingerprint density at radius 3 is 2.53 bits per heavy atom. The van der Waals surface area contributed by atoms with E-state index in [1.165, 1.54) is 0 Å². The molecule has 2 aromatic rings. The standard InChI is InChI=1S/C16H13NO2/c1-19-14-9-7-12(15(17)11-14)8-10-16(18)13-5-3-2-4-6-13/h2-7,9,11H,17H2,1H3. The lowest BCUT2D eigenvalue weighted by Crippen LogP contribution is -1.95. The average Bonchev–Trinajstić information content (AvgIpc) is 2.46. The first-order chi connectivity index (χ1) is 9.20. The zero-order valence-electron chi connectivity index (χ0n) is 10.5. The van der Waals surface area contributed by atoms with Crippen LogP contribution in [0.4, 0.5) is 5.69 Å². The molecule has 0 amide bonds. The van der Waals surface area contributed by atoms with Gasteiger partial charge in [-0.25, -0.2) is 0 Å². The summed E-state index contributed by atoms with van der Waals surface area (Å²) in [6.07, 6.45) is 0. The number of Topliss-reactive ketones (excluding diaryl/α,β-unsaturated/α-hetero) is 1. The highest BCUT2D eigenvalue weighted by Gasteiger charge is 2.01. The Kier molecular flexibility index (Phi) is 3.84. The molecule has 0 unspecified atom stereocenters. The van der Waals surface area contributed by atoms with Gasteiger partial charge in [0.05, 0.1) is 12.8 Å². The van der Waals surface area contributed by atoms with Crippen LogP contribution in [0, 0.1) is 11.8 Å². The van der Waals surface area contributed by atoms with Crippen LogP contribution >= 0.6 is 0 Å². The first kappa shape index (κ1) is 12.7. The van der Waals surface area contributed by atoms with Crippen molar-refractivity contribution in [3.05, 3.63) is 59.7 Å². The zero-order chi connectivity index (χ0) is 13.7. The predicted molar refractivity (Wildman–Crippen MR) is 75.1 cm³/mol. The third-order valence-electron chi connectivity index (χ3n) is 2.61. The molecule has 0 aliphatic rings. The summed E-state index contributed by atoms with van der Waals surface area (Å²) < 4.78 is 5.05. The van der Waals surface area contributed by atoms with Gasteiger partial charge >= 0.3 is 0 Å². The zero-order valence-corrected chi connectivity index (χ0v) is 10.5. The Balaban J connectivity index is 2.23. The summed E-state index contributed by atoms with van der Waals surface area (Å²) in [5.74, 6) is 5.80. The normalized spacial score (nSPS) is 9.32. The first-order valence-electron chi connectivity index (χ1n) is 5.75. The van der Waals surface area contributed by atoms with Crippen molar-refractivity contribution in [1.82, 2.24) is 0 Å². The quantitative estimate of drug-likeness (QED) is 0.507. The van der Waals surface area contributed by atoms with Gasteiger partial charge in [0, 0.05) is 17.2 Å². The second-order valence-corrected chi connectivity index (χ2v) is 3.90. The largest absolute Gasteiger partial charge is 0.497 e. The lowest BCUT2D eigenvalue weighted by atomic mass is 10.1. The molecule has 0 saturated heterocycles. The van der Waals surface area contributed by atoms with Crippen LogP contribution in [0.1, 0.15) is 15.9 Å². The number of ether oxygens (including phenoxy) is 1. The summed E-state index contributed by atoms with van der Waals surface area (Å²) in [4.78, 5) is 11.8. The van der Waals surface area contributed by atoms with Crippen molar-refractivity contribution in [3.8, 4) is 17.6 Å². The first-order valence-corrected chi connectivity index (χ1v) is 5.75. The molecule has 0 fully saturated rings. The van der Waals surface area contributed by atoms with Crippen molar-refractivity contribution >= 4 is 11.5 Å². The summed E-state index contributed by atoms with van der Waals surface area (Å²) in [6, 6.07) is 14.1. The van der Waals surface area contributed by atoms with Gasteiger partial charge < -0.3 is 10.5 Å². The summed E-state index contributed by atoms with van der Waals surface area (Å²) in [5.41, 5.74) is 7.51. The molecular formula is C16H13NO2. The highest BCUT2D eigenvalue weighted by molar-refractivity contribution is 6.09. The van der Waals surface area contributed by atoms with E-state index in [-0.39, 0.29) is 5.78 Å². The van der Waals surface area contributed by atoms with Crippen LogP contribution in [0.5, 0.6) is 5.75 Å². The maximum atomic E-state index is 11.8. The van der Waals surface area contributed by atoms with Crippen LogP contribution < -0.4 is 10.5 Å². The number of hydrogen-bond acceptors (Lipinski definition) is 3. The monoisotopic (exact) mass is 251 g/mol. The topological polar surface area (TPSA) is 52.3 Å². The number of nitrogens with two attached hydrogens (primary N) is 1. The molecule has 94 valence electrons. The average molecular weight is 251 g/mol. The van der Waals surface area contributed by atoms with E-state index in [1.54, 1.807) is 49.6 Å². The van der Waals surface area contributed by atoms with Gasteiger partial charge in [0.15, 0.2) is 0 Å². The van der Waals surface area contributed by atoms with Gasteiger partial charge in [-0.3, -0.25) is 4.79 Å². The van der Waals surface area contributed by atoms with E-state index in [1.807, 2.05) is 6.07 Å². The Bertz CT molecular complexity index is 651. The summed E-state index contributed by atoms with van der Waals surface area (Å²) in [6.45, 7) is 0. The SMILES string of the molecule is COc1ccc(C#CC(=O)c2ccccc2)c(N)c1. The van der Waals surface area contributed by atoms with E-state index in [4.69, 9.17) is 10.5 Å². The molecule has 19 heavy (non-hydrogen) atoms. The minimum absolute atomic E-state index is 0.226. The fourth-order valence-electron chi connectivity index (χ4n) is 1.57. The van der Waals surface area contributed by atoms with E-state index in [0.717, 1.165) is 0 Å². The molecular weight excluding hydrogens is 238 g/mol. The molecule has 3 heteroatoms. The Hall–Kier alpha value is -2.73. The minimum atomic E-state index is -0.226. The Morgan fingerprint density at radius 2 is 1.89 bits per heavy atom. The summed E-state index contributed by atoms with van der Waals surface area (Å²) in [5, 5.41) is 0. The summed E-state index contributed by atoms with van der Waals surface area (Å²) in [7, 11) is 1.57. The van der Waals surface area contributed by atoms with Gasteiger partial charge in [-0.15, -0.1) is 0 Å². The van der Waals surface area contributed by atoms with Crippen LogP contribution in [0.25, 0.3) is 0 Å². The molecule has 0 spiro atoms. The van der Waals surface area contributed by atoms with E-state index >= 15 is 0 Å². The number of nitrogen functional groups attached to an aromatic ring is 1. The minimum Gasteiger partial charge on any atom is -0.497 e. The van der Waals surface area contributed by atoms with Crippen molar-refractivity contribution < 1.29 is 9.53 Å². The van der Waals surface area contributed by atoms with E-state index in [9.17, 15) is 4.79 Å². The number of ketones is 1. The molecule has 0 bridgehead atoms. The number of methoxy groups -OCH3 is 1. The molecule has 0 radical (unpaired) electrons. The Labute approximate surface area is 112 Å². The second kappa shape index (κ2) is 5.74. The highest BCUT2D eigenvalue weighted by Crippen LogP contribution is 2.18. The van der Waals surface area contributed by atoms with E-state index in [0.29, 0.717) is 22.6 Å². The number of hydrogen-bond donors (Lipinski definition) is 1. The maximum Gasteiger partial charge on any atom is 0.236 e. The molecule has 0 aliphatic heterocycles. The molecule has 2 rings (SSSR count). The molecule has 0 aliphatic carbocycles. The molecule has 3 nitrogen and oxygen atoms in total. The van der Waals surface area contributed by atoms with Crippen LogP contribution in [-0.4, -0.2) is 12.9 Å². The molecule has 0 atom stereocenters. The molecule has 0 saturated carbocycles. The van der Waals surface area contributed by atoms with Crippen LogP contribution in [0.15, 0.2) is 48.5 Å². The fraction of sp³-hybridized carbons (Fsp3) is 0.0625. The van der Waals surface area contributed by atoms with Crippen LogP contribution in [0.2, 0.25) is 0 Å². The van der Waals surface area contributed by atoms with Gasteiger partial charge in [0.1, 0.15) is 5.75 Å². The van der Waals surface area contributed by atoms with Crippen molar-refractivity contribution in [2.75, 3.05) is 12.8 Å². The fourth-order valence-corrected chi connectivity index (χ4v) is 1.57. The third-order valence-corrected chi connectivity index (χ3v) is 2.61. The third kappa shape index (κ3) is 3.14. The predicted octanol–water partition coefficient (Wildman–Crippen LogP) is 2.51. The van der Waals surface area contributed by atoms with Crippen molar-refractivity contribution in [2.24, 2.45) is 0 Å². The van der Waals surface area contributed by atoms with Gasteiger partial charge in [-0.05, 0) is 18.1 Å². The van der Waals surface area contributed by atoms with E-state index < -0.39 is 0 Å². The molecule has 0 heterocycles. The molecule has 0 aromatic heterocycles. The van der Waals surface area contributed by atoms with E-state index in [2.05, 4.69) is 11.8 Å². The van der Waals surface area contributed by atoms with Crippen molar-refractivity contribution in [2.45, 2.75) is 0 Å². The molecule has 2 aromatic carbocycles. The Morgan fingerprint density at radius 1 is 1.16 bits per heavy atom. The lowest BCUT2D eigenvalue weighted by molar-refractivity contribution is 0.105. The van der Waals surface area contributed by atoms with Crippen LogP contribution in [-0.2, 0) is 0 Å². The number of carbonyl (C=O) groups is 1. The lowest BCUT2D eigenvalue weighted by Gasteiger charge is -2.02. The number of anilines is 1. The van der Waals surface area contributed by atoms with Crippen molar-refractivity contribution in [1.29, 1.82) is 0 Å². The number of benzene rings is 2. The van der Waals surface area contributed by atoms with Gasteiger partial charge in [-0.1, -0.05) is 36.3 Å². The second-order valence-electron chi connectivity index (χ2n) is 3.90. The van der Waals surface area contributed by atoms with Gasteiger partial charge in [-0.2, -0.15) is 0 Å². The number of rotatable bonds is 2. The summed E-state index contributed by atoms with van der Waals surface area (Å²) >= 11 is 0. The smallest absolute Gasteiger partial charge is 0.236 e. The van der Waals surface area contributed by atoms with Gasteiger partial charge in [0.2, 0.25) is 5.78 Å². The maximum absolute atomic E-state index is 11.8. The molecule has 2 N–H and O–H groups in total.